The highest BCUT2D eigenvalue weighted by Gasteiger charge is 2.31. The van der Waals surface area contributed by atoms with Crippen LogP contribution in [0.15, 0.2) is 28.7 Å². The first-order valence-electron chi connectivity index (χ1n) is 6.58. The number of likely N-dealkylation sites (tertiary alicyclic amines) is 1. The number of halogens is 1. The van der Waals surface area contributed by atoms with Crippen LogP contribution in [0.1, 0.15) is 12.8 Å². The van der Waals surface area contributed by atoms with Crippen LogP contribution in [-0.2, 0) is 4.79 Å². The minimum Gasteiger partial charge on any atom is -0.494 e. The van der Waals surface area contributed by atoms with Crippen LogP contribution in [0.2, 0.25) is 0 Å². The number of rotatable bonds is 5. The van der Waals surface area contributed by atoms with Crippen molar-refractivity contribution < 1.29 is 19.7 Å². The third-order valence-electron chi connectivity index (χ3n) is 3.23. The molecule has 1 aliphatic heterocycles. The molecule has 1 heterocycles. The van der Waals surface area contributed by atoms with Gasteiger partial charge in [-0.25, -0.2) is 0 Å². The maximum Gasteiger partial charge on any atom is 0.222 e. The molecule has 1 aromatic rings. The van der Waals surface area contributed by atoms with Gasteiger partial charge >= 0.3 is 0 Å². The second kappa shape index (κ2) is 7.06. The van der Waals surface area contributed by atoms with Crippen LogP contribution in [0.5, 0.6) is 5.75 Å². The predicted octanol–water partition coefficient (Wildman–Crippen LogP) is 1.17. The summed E-state index contributed by atoms with van der Waals surface area (Å²) >= 11 is 3.35. The zero-order valence-corrected chi connectivity index (χ0v) is 12.6. The molecule has 0 aromatic heterocycles. The first-order chi connectivity index (χ1) is 9.56. The lowest BCUT2D eigenvalue weighted by molar-refractivity contribution is -0.130. The van der Waals surface area contributed by atoms with Crippen LogP contribution in [0.25, 0.3) is 0 Å². The fourth-order valence-corrected chi connectivity index (χ4v) is 2.34. The lowest BCUT2D eigenvalue weighted by Gasteiger charge is -2.15. The van der Waals surface area contributed by atoms with Crippen molar-refractivity contribution in [1.29, 1.82) is 0 Å². The molecule has 2 rings (SSSR count). The molecule has 5 nitrogen and oxygen atoms in total. The van der Waals surface area contributed by atoms with Crippen molar-refractivity contribution in [1.82, 2.24) is 4.90 Å². The van der Waals surface area contributed by atoms with Crippen LogP contribution in [-0.4, -0.2) is 52.9 Å². The Morgan fingerprint density at radius 3 is 2.45 bits per heavy atom. The number of hydrogen-bond acceptors (Lipinski definition) is 4. The molecule has 110 valence electrons. The lowest BCUT2D eigenvalue weighted by Crippen LogP contribution is -2.29. The maximum atomic E-state index is 11.8. The Labute approximate surface area is 126 Å². The molecule has 6 heteroatoms. The van der Waals surface area contributed by atoms with E-state index in [-0.39, 0.29) is 19.0 Å². The SMILES string of the molecule is O=C(CCCOc1ccc(Br)cc1)N1C[C@@H](O)[C@@H](O)C1. The first-order valence-corrected chi connectivity index (χ1v) is 7.38. The number of hydrogen-bond donors (Lipinski definition) is 2. The molecule has 0 unspecified atom stereocenters. The average molecular weight is 344 g/mol. The first kappa shape index (κ1) is 15.3. The summed E-state index contributed by atoms with van der Waals surface area (Å²) < 4.78 is 6.52. The lowest BCUT2D eigenvalue weighted by atomic mass is 10.3. The number of ether oxygens (including phenoxy) is 1. The topological polar surface area (TPSA) is 70.0 Å². The van der Waals surface area contributed by atoms with Gasteiger partial charge in [-0.05, 0) is 30.7 Å². The van der Waals surface area contributed by atoms with Crippen molar-refractivity contribution in [2.24, 2.45) is 0 Å². The van der Waals surface area contributed by atoms with Gasteiger partial charge in [-0.3, -0.25) is 4.79 Å². The van der Waals surface area contributed by atoms with Gasteiger partial charge in [0.1, 0.15) is 5.75 Å². The van der Waals surface area contributed by atoms with Crippen molar-refractivity contribution in [3.8, 4) is 5.75 Å². The summed E-state index contributed by atoms with van der Waals surface area (Å²) in [5, 5.41) is 18.8. The Morgan fingerprint density at radius 2 is 1.85 bits per heavy atom. The van der Waals surface area contributed by atoms with Crippen molar-refractivity contribution in [3.63, 3.8) is 0 Å². The Bertz CT molecular complexity index is 441. The quantitative estimate of drug-likeness (QED) is 0.787. The number of amides is 1. The molecular weight excluding hydrogens is 326 g/mol. The van der Waals surface area contributed by atoms with Gasteiger partial charge in [-0.1, -0.05) is 15.9 Å². The Balaban J connectivity index is 1.66. The smallest absolute Gasteiger partial charge is 0.222 e. The monoisotopic (exact) mass is 343 g/mol. The molecule has 1 aromatic carbocycles. The zero-order chi connectivity index (χ0) is 14.5. The molecule has 0 spiro atoms. The van der Waals surface area contributed by atoms with Crippen LogP contribution in [0.3, 0.4) is 0 Å². The Hall–Kier alpha value is -1.11. The molecule has 0 aliphatic carbocycles. The standard InChI is InChI=1S/C14H18BrNO4/c15-10-3-5-11(6-4-10)20-7-1-2-14(19)16-8-12(17)13(18)9-16/h3-6,12-13,17-18H,1-2,7-9H2/t12-,13+. The number of β-amino-alcohol motifs (C(OH)–C–C–N with tert-alkyl or cyclic N) is 2. The summed E-state index contributed by atoms with van der Waals surface area (Å²) in [6, 6.07) is 7.51. The van der Waals surface area contributed by atoms with Gasteiger partial charge in [0.2, 0.25) is 5.91 Å². The zero-order valence-electron chi connectivity index (χ0n) is 11.0. The predicted molar refractivity (Wildman–Crippen MR) is 77.5 cm³/mol. The minimum absolute atomic E-state index is 0.0555. The highest BCUT2D eigenvalue weighted by molar-refractivity contribution is 9.10. The van der Waals surface area contributed by atoms with E-state index in [1.807, 2.05) is 24.3 Å². The van der Waals surface area contributed by atoms with Gasteiger partial charge in [0.15, 0.2) is 0 Å². The van der Waals surface area contributed by atoms with Crippen LogP contribution in [0, 0.1) is 0 Å². The summed E-state index contributed by atoms with van der Waals surface area (Å²) in [7, 11) is 0. The van der Waals surface area contributed by atoms with Gasteiger partial charge in [0.25, 0.3) is 0 Å². The molecule has 2 N–H and O–H groups in total. The van der Waals surface area contributed by atoms with Crippen molar-refractivity contribution >= 4 is 21.8 Å². The number of aliphatic hydroxyl groups excluding tert-OH is 2. The second-order valence-electron chi connectivity index (χ2n) is 4.84. The minimum atomic E-state index is -0.821. The van der Waals surface area contributed by atoms with E-state index in [0.717, 1.165) is 10.2 Å². The number of carbonyl (C=O) groups is 1. The largest absolute Gasteiger partial charge is 0.494 e. The van der Waals surface area contributed by atoms with Crippen LogP contribution >= 0.6 is 15.9 Å². The molecule has 1 amide bonds. The molecule has 0 saturated carbocycles. The van der Waals surface area contributed by atoms with Gasteiger partial charge in [-0.2, -0.15) is 0 Å². The van der Waals surface area contributed by atoms with E-state index >= 15 is 0 Å². The average Bonchev–Trinajstić information content (AvgIpc) is 2.77. The maximum absolute atomic E-state index is 11.8. The van der Waals surface area contributed by atoms with Crippen molar-refractivity contribution in [3.05, 3.63) is 28.7 Å². The fraction of sp³-hybridized carbons (Fsp3) is 0.500. The molecule has 1 aliphatic rings. The summed E-state index contributed by atoms with van der Waals surface area (Å²) in [6.45, 7) is 0.896. The van der Waals surface area contributed by atoms with Gasteiger partial charge in [0, 0.05) is 24.0 Å². The van der Waals surface area contributed by atoms with Gasteiger partial charge in [0.05, 0.1) is 18.8 Å². The van der Waals surface area contributed by atoms with Crippen LogP contribution < -0.4 is 4.74 Å². The molecule has 0 bridgehead atoms. The molecule has 2 atom stereocenters. The van der Waals surface area contributed by atoms with Crippen molar-refractivity contribution in [2.45, 2.75) is 25.0 Å². The Kier molecular flexibility index (Phi) is 5.39. The number of nitrogens with zero attached hydrogens (tertiary/aromatic N) is 1. The van der Waals surface area contributed by atoms with Gasteiger partial charge < -0.3 is 19.8 Å². The normalized spacial score (nSPS) is 22.1. The Morgan fingerprint density at radius 1 is 1.25 bits per heavy atom. The van der Waals surface area contributed by atoms with E-state index in [1.54, 1.807) is 0 Å². The van der Waals surface area contributed by atoms with E-state index in [0.29, 0.717) is 19.4 Å². The second-order valence-corrected chi connectivity index (χ2v) is 5.76. The van der Waals surface area contributed by atoms with Crippen LogP contribution in [0.4, 0.5) is 0 Å². The molecule has 1 fully saturated rings. The highest BCUT2D eigenvalue weighted by atomic mass is 79.9. The summed E-state index contributed by atoms with van der Waals surface area (Å²) in [6.07, 6.45) is -0.677. The highest BCUT2D eigenvalue weighted by Crippen LogP contribution is 2.16. The summed E-state index contributed by atoms with van der Waals surface area (Å²) in [5.41, 5.74) is 0. The van der Waals surface area contributed by atoms with E-state index in [4.69, 9.17) is 4.74 Å². The molecular formula is C14H18BrNO4. The van der Waals surface area contributed by atoms with Gasteiger partial charge in [-0.15, -0.1) is 0 Å². The molecule has 20 heavy (non-hydrogen) atoms. The fourth-order valence-electron chi connectivity index (χ4n) is 2.08. The van der Waals surface area contributed by atoms with Crippen molar-refractivity contribution in [2.75, 3.05) is 19.7 Å². The number of aliphatic hydroxyl groups is 2. The summed E-state index contributed by atoms with van der Waals surface area (Å²) in [4.78, 5) is 13.3. The van der Waals surface area contributed by atoms with E-state index in [2.05, 4.69) is 15.9 Å². The van der Waals surface area contributed by atoms with E-state index < -0.39 is 12.2 Å². The third-order valence-corrected chi connectivity index (χ3v) is 3.76. The third kappa shape index (κ3) is 4.19. The van der Waals surface area contributed by atoms with E-state index in [1.165, 1.54) is 4.90 Å². The summed E-state index contributed by atoms with van der Waals surface area (Å²) in [5.74, 6) is 0.715. The number of carbonyl (C=O) groups excluding carboxylic acids is 1. The molecule has 1 saturated heterocycles. The number of benzene rings is 1. The molecule has 0 radical (unpaired) electrons. The van der Waals surface area contributed by atoms with E-state index in [9.17, 15) is 15.0 Å².